The van der Waals surface area contributed by atoms with Crippen molar-refractivity contribution in [3.05, 3.63) is 0 Å². The zero-order valence-electron chi connectivity index (χ0n) is 10.0. The van der Waals surface area contributed by atoms with Crippen molar-refractivity contribution in [1.82, 2.24) is 10.2 Å². The van der Waals surface area contributed by atoms with Crippen molar-refractivity contribution in [3.8, 4) is 0 Å². The molecule has 0 radical (unpaired) electrons. The molecule has 2 fully saturated rings. The van der Waals surface area contributed by atoms with Gasteiger partial charge >= 0.3 is 5.97 Å². The van der Waals surface area contributed by atoms with E-state index in [1.807, 2.05) is 0 Å². The van der Waals surface area contributed by atoms with Crippen LogP contribution in [0.2, 0.25) is 0 Å². The molecule has 17 heavy (non-hydrogen) atoms. The number of carboxylic acid groups (broad SMARTS) is 1. The summed E-state index contributed by atoms with van der Waals surface area (Å²) >= 11 is 0. The lowest BCUT2D eigenvalue weighted by Crippen LogP contribution is -2.30. The Morgan fingerprint density at radius 2 is 1.94 bits per heavy atom. The summed E-state index contributed by atoms with van der Waals surface area (Å²) in [5, 5.41) is 11.5. The average Bonchev–Trinajstić information content (AvgIpc) is 2.95. The summed E-state index contributed by atoms with van der Waals surface area (Å²) in [5.74, 6) is -1.64. The van der Waals surface area contributed by atoms with E-state index in [-0.39, 0.29) is 11.8 Å². The Morgan fingerprint density at radius 1 is 1.24 bits per heavy atom. The second-order valence-corrected chi connectivity index (χ2v) is 4.98. The first-order valence-corrected chi connectivity index (χ1v) is 6.41. The fourth-order valence-corrected chi connectivity index (χ4v) is 2.41. The van der Waals surface area contributed by atoms with Crippen LogP contribution in [0.15, 0.2) is 0 Å². The van der Waals surface area contributed by atoms with Gasteiger partial charge in [-0.05, 0) is 45.3 Å². The van der Waals surface area contributed by atoms with Crippen LogP contribution < -0.4 is 5.32 Å². The molecule has 96 valence electrons. The number of carboxylic acids is 1. The first-order chi connectivity index (χ1) is 8.18. The summed E-state index contributed by atoms with van der Waals surface area (Å²) < 4.78 is 0. The summed E-state index contributed by atoms with van der Waals surface area (Å²) in [4.78, 5) is 24.5. The smallest absolute Gasteiger partial charge is 0.307 e. The van der Waals surface area contributed by atoms with Crippen LogP contribution in [0.3, 0.4) is 0 Å². The number of aliphatic carboxylic acids is 1. The minimum Gasteiger partial charge on any atom is -0.481 e. The molecular weight excluding hydrogens is 220 g/mol. The SMILES string of the molecule is O=C(O)C1CC1C(=O)NCCCN1CCCC1. The van der Waals surface area contributed by atoms with Crippen LogP contribution in [-0.2, 0) is 9.59 Å². The quantitative estimate of drug-likeness (QED) is 0.656. The standard InChI is InChI=1S/C12H20N2O3/c15-11(9-8-10(9)12(16)17)13-4-3-7-14-5-1-2-6-14/h9-10H,1-8H2,(H,13,15)(H,16,17). The highest BCUT2D eigenvalue weighted by Crippen LogP contribution is 2.38. The van der Waals surface area contributed by atoms with Crippen molar-refractivity contribution >= 4 is 11.9 Å². The number of hydrogen-bond donors (Lipinski definition) is 2. The van der Waals surface area contributed by atoms with E-state index in [1.165, 1.54) is 25.9 Å². The van der Waals surface area contributed by atoms with Crippen molar-refractivity contribution in [2.75, 3.05) is 26.2 Å². The number of amides is 1. The third kappa shape index (κ3) is 3.43. The molecule has 2 rings (SSSR count). The van der Waals surface area contributed by atoms with Crippen LogP contribution in [0.5, 0.6) is 0 Å². The third-order valence-electron chi connectivity index (χ3n) is 3.59. The predicted molar refractivity (Wildman–Crippen MR) is 62.5 cm³/mol. The highest BCUT2D eigenvalue weighted by atomic mass is 16.4. The molecule has 1 heterocycles. The Morgan fingerprint density at radius 3 is 2.53 bits per heavy atom. The van der Waals surface area contributed by atoms with Gasteiger partial charge in [-0.3, -0.25) is 9.59 Å². The maximum Gasteiger partial charge on any atom is 0.307 e. The van der Waals surface area contributed by atoms with Crippen molar-refractivity contribution in [2.24, 2.45) is 11.8 Å². The highest BCUT2D eigenvalue weighted by molar-refractivity contribution is 5.89. The minimum absolute atomic E-state index is 0.0844. The maximum absolute atomic E-state index is 11.5. The van der Waals surface area contributed by atoms with E-state index in [9.17, 15) is 9.59 Å². The van der Waals surface area contributed by atoms with Gasteiger partial charge in [-0.15, -0.1) is 0 Å². The molecule has 2 aliphatic rings. The van der Waals surface area contributed by atoms with Crippen molar-refractivity contribution in [1.29, 1.82) is 0 Å². The number of carbonyl (C=O) groups is 2. The summed E-state index contributed by atoms with van der Waals surface area (Å²) in [6, 6.07) is 0. The van der Waals surface area contributed by atoms with E-state index in [2.05, 4.69) is 10.2 Å². The zero-order chi connectivity index (χ0) is 12.3. The predicted octanol–water partition coefficient (Wildman–Crippen LogP) is 0.309. The third-order valence-corrected chi connectivity index (χ3v) is 3.59. The van der Waals surface area contributed by atoms with E-state index < -0.39 is 11.9 Å². The molecule has 1 aliphatic heterocycles. The van der Waals surface area contributed by atoms with E-state index in [0.717, 1.165) is 13.0 Å². The van der Waals surface area contributed by atoms with Crippen LogP contribution >= 0.6 is 0 Å². The minimum atomic E-state index is -0.845. The number of likely N-dealkylation sites (tertiary alicyclic amines) is 1. The molecular formula is C12H20N2O3. The van der Waals surface area contributed by atoms with E-state index in [0.29, 0.717) is 13.0 Å². The number of nitrogens with zero attached hydrogens (tertiary/aromatic N) is 1. The van der Waals surface area contributed by atoms with Gasteiger partial charge in [0.2, 0.25) is 5.91 Å². The monoisotopic (exact) mass is 240 g/mol. The molecule has 0 aromatic rings. The van der Waals surface area contributed by atoms with Gasteiger partial charge < -0.3 is 15.3 Å². The van der Waals surface area contributed by atoms with E-state index in [1.54, 1.807) is 0 Å². The van der Waals surface area contributed by atoms with Gasteiger partial charge in [-0.25, -0.2) is 0 Å². The molecule has 1 aliphatic carbocycles. The van der Waals surface area contributed by atoms with Crippen molar-refractivity contribution < 1.29 is 14.7 Å². The van der Waals surface area contributed by atoms with Crippen LogP contribution in [0, 0.1) is 11.8 Å². The fourth-order valence-electron chi connectivity index (χ4n) is 2.41. The van der Waals surface area contributed by atoms with Crippen LogP contribution in [0.1, 0.15) is 25.7 Å². The Balaban J connectivity index is 1.53. The topological polar surface area (TPSA) is 69.6 Å². The van der Waals surface area contributed by atoms with Crippen molar-refractivity contribution in [3.63, 3.8) is 0 Å². The Kier molecular flexibility index (Phi) is 3.99. The molecule has 0 spiro atoms. The lowest BCUT2D eigenvalue weighted by molar-refractivity contribution is -0.140. The first-order valence-electron chi connectivity index (χ1n) is 6.41. The molecule has 0 aromatic heterocycles. The summed E-state index contributed by atoms with van der Waals surface area (Å²) in [6.45, 7) is 4.06. The lowest BCUT2D eigenvalue weighted by Gasteiger charge is -2.14. The number of rotatable bonds is 6. The fraction of sp³-hybridized carbons (Fsp3) is 0.833. The largest absolute Gasteiger partial charge is 0.481 e. The number of hydrogen-bond acceptors (Lipinski definition) is 3. The zero-order valence-corrected chi connectivity index (χ0v) is 10.0. The van der Waals surface area contributed by atoms with Gasteiger partial charge in [0.1, 0.15) is 0 Å². The molecule has 2 unspecified atom stereocenters. The molecule has 1 saturated carbocycles. The summed E-state index contributed by atoms with van der Waals surface area (Å²) in [5.41, 5.74) is 0. The van der Waals surface area contributed by atoms with Crippen LogP contribution in [0.4, 0.5) is 0 Å². The number of nitrogens with one attached hydrogen (secondary N) is 1. The highest BCUT2D eigenvalue weighted by Gasteiger charge is 2.48. The van der Waals surface area contributed by atoms with E-state index >= 15 is 0 Å². The van der Waals surface area contributed by atoms with Gasteiger partial charge in [0, 0.05) is 6.54 Å². The molecule has 2 atom stereocenters. The maximum atomic E-state index is 11.5. The Hall–Kier alpha value is -1.10. The van der Waals surface area contributed by atoms with Gasteiger partial charge in [0.05, 0.1) is 11.8 Å². The molecule has 1 saturated heterocycles. The van der Waals surface area contributed by atoms with Gasteiger partial charge in [0.25, 0.3) is 0 Å². The first kappa shape index (κ1) is 12.4. The molecule has 1 amide bonds. The summed E-state index contributed by atoms with van der Waals surface area (Å²) in [6.07, 6.45) is 4.03. The van der Waals surface area contributed by atoms with Gasteiger partial charge in [-0.2, -0.15) is 0 Å². The van der Waals surface area contributed by atoms with E-state index in [4.69, 9.17) is 5.11 Å². The van der Waals surface area contributed by atoms with Crippen molar-refractivity contribution in [2.45, 2.75) is 25.7 Å². The van der Waals surface area contributed by atoms with Gasteiger partial charge in [-0.1, -0.05) is 0 Å². The van der Waals surface area contributed by atoms with Crippen LogP contribution in [-0.4, -0.2) is 48.1 Å². The molecule has 2 N–H and O–H groups in total. The van der Waals surface area contributed by atoms with Crippen LogP contribution in [0.25, 0.3) is 0 Å². The number of carbonyl (C=O) groups excluding carboxylic acids is 1. The van der Waals surface area contributed by atoms with Gasteiger partial charge in [0.15, 0.2) is 0 Å². The Labute approximate surface area is 101 Å². The summed E-state index contributed by atoms with van der Waals surface area (Å²) in [7, 11) is 0. The molecule has 5 heteroatoms. The Bertz CT molecular complexity index is 300. The normalized spacial score (nSPS) is 28.0. The second kappa shape index (κ2) is 5.49. The molecule has 5 nitrogen and oxygen atoms in total. The lowest BCUT2D eigenvalue weighted by atomic mass is 10.3. The second-order valence-electron chi connectivity index (χ2n) is 4.98. The molecule has 0 aromatic carbocycles. The average molecular weight is 240 g/mol. The molecule has 0 bridgehead atoms.